The molecule has 0 spiro atoms. The smallest absolute Gasteiger partial charge is 0.127 e. The fourth-order valence-electron chi connectivity index (χ4n) is 3.56. The van der Waals surface area contributed by atoms with Gasteiger partial charge in [0.05, 0.1) is 11.6 Å². The molecule has 3 rings (SSSR count). The molecule has 2 aromatic rings. The number of rotatable bonds is 4. The first-order valence-electron chi connectivity index (χ1n) is 8.86. The minimum atomic E-state index is 0.747. The first-order valence-corrected chi connectivity index (χ1v) is 8.86. The Labute approximate surface area is 145 Å². The van der Waals surface area contributed by atoms with Gasteiger partial charge >= 0.3 is 0 Å². The van der Waals surface area contributed by atoms with Crippen molar-refractivity contribution in [3.8, 4) is 6.07 Å². The topological polar surface area (TPSA) is 32.7 Å². The van der Waals surface area contributed by atoms with Crippen LogP contribution >= 0.6 is 0 Å². The molecule has 1 heterocycles. The lowest BCUT2D eigenvalue weighted by Crippen LogP contribution is -3.27. The van der Waals surface area contributed by atoms with Crippen molar-refractivity contribution in [2.75, 3.05) is 26.2 Å². The minimum absolute atomic E-state index is 0.747. The predicted molar refractivity (Wildman–Crippen MR) is 95.9 cm³/mol. The highest BCUT2D eigenvalue weighted by Gasteiger charge is 2.23. The molecular weight excluding hydrogens is 294 g/mol. The second-order valence-corrected chi connectivity index (χ2v) is 7.09. The zero-order valence-corrected chi connectivity index (χ0v) is 14.7. The monoisotopic (exact) mass is 321 g/mol. The van der Waals surface area contributed by atoms with E-state index in [-0.39, 0.29) is 0 Å². The van der Waals surface area contributed by atoms with E-state index in [9.17, 15) is 0 Å². The highest BCUT2D eigenvalue weighted by molar-refractivity contribution is 5.31. The largest absolute Gasteiger partial charge is 0.322 e. The lowest BCUT2D eigenvalue weighted by Gasteiger charge is -2.30. The summed E-state index contributed by atoms with van der Waals surface area (Å²) in [6.07, 6.45) is 0. The molecule has 1 aliphatic rings. The lowest BCUT2D eigenvalue weighted by atomic mass is 10.0. The second-order valence-electron chi connectivity index (χ2n) is 7.09. The summed E-state index contributed by atoms with van der Waals surface area (Å²) in [4.78, 5) is 3.36. The Bertz CT molecular complexity index is 720. The third-order valence-electron chi connectivity index (χ3n) is 5.15. The van der Waals surface area contributed by atoms with Gasteiger partial charge in [-0.15, -0.1) is 0 Å². The van der Waals surface area contributed by atoms with Crippen LogP contribution in [-0.2, 0) is 13.1 Å². The van der Waals surface area contributed by atoms with Gasteiger partial charge in [-0.2, -0.15) is 5.26 Å². The molecule has 0 amide bonds. The van der Waals surface area contributed by atoms with E-state index in [0.29, 0.717) is 0 Å². The van der Waals surface area contributed by atoms with Gasteiger partial charge < -0.3 is 9.80 Å². The lowest BCUT2D eigenvalue weighted by molar-refractivity contribution is -1.02. The van der Waals surface area contributed by atoms with Crippen LogP contribution in [-0.4, -0.2) is 26.2 Å². The van der Waals surface area contributed by atoms with Gasteiger partial charge in [0.1, 0.15) is 39.3 Å². The number of hydrogen-bond acceptors (Lipinski definition) is 1. The average Bonchev–Trinajstić information content (AvgIpc) is 2.60. The van der Waals surface area contributed by atoms with E-state index in [1.54, 1.807) is 9.80 Å². The van der Waals surface area contributed by atoms with Gasteiger partial charge in [-0.05, 0) is 31.5 Å². The summed E-state index contributed by atoms with van der Waals surface area (Å²) in [7, 11) is 0. The quantitative estimate of drug-likeness (QED) is 0.852. The second kappa shape index (κ2) is 7.61. The summed E-state index contributed by atoms with van der Waals surface area (Å²) in [5.41, 5.74) is 6.36. The molecule has 1 aliphatic heterocycles. The van der Waals surface area contributed by atoms with Gasteiger partial charge in [0.25, 0.3) is 0 Å². The van der Waals surface area contributed by atoms with E-state index in [0.717, 1.165) is 18.7 Å². The number of benzene rings is 2. The van der Waals surface area contributed by atoms with Crippen LogP contribution in [0.5, 0.6) is 0 Å². The molecular formula is C21H27N3+2. The summed E-state index contributed by atoms with van der Waals surface area (Å²) >= 11 is 0. The highest BCUT2D eigenvalue weighted by atomic mass is 15.3. The molecule has 0 bridgehead atoms. The molecule has 0 saturated carbocycles. The van der Waals surface area contributed by atoms with Crippen LogP contribution in [0.3, 0.4) is 0 Å². The molecule has 1 saturated heterocycles. The molecule has 0 radical (unpaired) electrons. The number of nitriles is 1. The number of piperazine rings is 1. The summed E-state index contributed by atoms with van der Waals surface area (Å²) in [5.74, 6) is 0. The minimum Gasteiger partial charge on any atom is -0.322 e. The Balaban J connectivity index is 1.52. The third kappa shape index (κ3) is 4.23. The zero-order valence-electron chi connectivity index (χ0n) is 14.7. The highest BCUT2D eigenvalue weighted by Crippen LogP contribution is 2.09. The van der Waals surface area contributed by atoms with E-state index in [1.165, 1.54) is 48.4 Å². The van der Waals surface area contributed by atoms with Crippen molar-refractivity contribution in [3.05, 3.63) is 70.3 Å². The number of quaternary nitrogens is 2. The van der Waals surface area contributed by atoms with E-state index in [2.05, 4.69) is 50.2 Å². The van der Waals surface area contributed by atoms with Crippen molar-refractivity contribution in [3.63, 3.8) is 0 Å². The fraction of sp³-hybridized carbons (Fsp3) is 0.381. The van der Waals surface area contributed by atoms with Crippen molar-refractivity contribution in [2.24, 2.45) is 0 Å². The van der Waals surface area contributed by atoms with Gasteiger partial charge in [-0.3, -0.25) is 0 Å². The standard InChI is InChI=1S/C21H25N3/c1-17-3-4-18(2)21(13-17)16-24-11-9-23(10-12-24)15-20-7-5-19(14-22)6-8-20/h3-8,13H,9-12,15-16H2,1-2H3/p+2. The van der Waals surface area contributed by atoms with Gasteiger partial charge in [-0.1, -0.05) is 35.9 Å². The Hall–Kier alpha value is -2.15. The maximum atomic E-state index is 8.88. The van der Waals surface area contributed by atoms with E-state index < -0.39 is 0 Å². The van der Waals surface area contributed by atoms with Crippen molar-refractivity contribution >= 4 is 0 Å². The molecule has 1 fully saturated rings. The predicted octanol–water partition coefficient (Wildman–Crippen LogP) is 0.659. The van der Waals surface area contributed by atoms with Crippen molar-refractivity contribution in [2.45, 2.75) is 26.9 Å². The molecule has 24 heavy (non-hydrogen) atoms. The number of aryl methyl sites for hydroxylation is 2. The summed E-state index contributed by atoms with van der Waals surface area (Å²) in [5, 5.41) is 8.88. The summed E-state index contributed by atoms with van der Waals surface area (Å²) in [6.45, 7) is 11.5. The number of nitrogens with one attached hydrogen (secondary N) is 2. The Kier molecular flexibility index (Phi) is 5.30. The Morgan fingerprint density at radius 3 is 2.12 bits per heavy atom. The van der Waals surface area contributed by atoms with Crippen molar-refractivity contribution in [1.82, 2.24) is 0 Å². The molecule has 3 heteroatoms. The zero-order chi connectivity index (χ0) is 16.9. The fourth-order valence-corrected chi connectivity index (χ4v) is 3.56. The van der Waals surface area contributed by atoms with Gasteiger partial charge in [-0.25, -0.2) is 0 Å². The Morgan fingerprint density at radius 2 is 1.50 bits per heavy atom. The number of hydrogen-bond donors (Lipinski definition) is 2. The van der Waals surface area contributed by atoms with Gasteiger partial charge in [0.15, 0.2) is 0 Å². The van der Waals surface area contributed by atoms with Crippen molar-refractivity contribution < 1.29 is 9.80 Å². The first-order chi connectivity index (χ1) is 11.6. The van der Waals surface area contributed by atoms with Crippen LogP contribution in [0.4, 0.5) is 0 Å². The van der Waals surface area contributed by atoms with Crippen LogP contribution in [0, 0.1) is 25.2 Å². The van der Waals surface area contributed by atoms with Crippen molar-refractivity contribution in [1.29, 1.82) is 5.26 Å². The Morgan fingerprint density at radius 1 is 0.875 bits per heavy atom. The SMILES string of the molecule is Cc1ccc(C)c(C[NH+]2CC[NH+](Cc3ccc(C#N)cc3)CC2)c1. The van der Waals surface area contributed by atoms with E-state index in [4.69, 9.17) is 5.26 Å². The molecule has 2 N–H and O–H groups in total. The van der Waals surface area contributed by atoms with Crippen LogP contribution in [0.15, 0.2) is 42.5 Å². The van der Waals surface area contributed by atoms with Gasteiger partial charge in [0, 0.05) is 11.1 Å². The molecule has 0 atom stereocenters. The van der Waals surface area contributed by atoms with Crippen LogP contribution in [0.2, 0.25) is 0 Å². The molecule has 0 aliphatic carbocycles. The van der Waals surface area contributed by atoms with E-state index >= 15 is 0 Å². The molecule has 3 nitrogen and oxygen atoms in total. The van der Waals surface area contributed by atoms with Crippen LogP contribution in [0.1, 0.15) is 27.8 Å². The number of nitrogens with zero attached hydrogens (tertiary/aromatic N) is 1. The maximum absolute atomic E-state index is 8.88. The summed E-state index contributed by atoms with van der Waals surface area (Å²) in [6, 6.07) is 17.0. The molecule has 0 unspecified atom stereocenters. The molecule has 124 valence electrons. The molecule has 2 aromatic carbocycles. The molecule has 0 aromatic heterocycles. The maximum Gasteiger partial charge on any atom is 0.127 e. The average molecular weight is 321 g/mol. The third-order valence-corrected chi connectivity index (χ3v) is 5.15. The normalized spacial score (nSPS) is 20.5. The van der Waals surface area contributed by atoms with Crippen LogP contribution in [0.25, 0.3) is 0 Å². The summed E-state index contributed by atoms with van der Waals surface area (Å²) < 4.78 is 0. The van der Waals surface area contributed by atoms with E-state index in [1.807, 2.05) is 12.1 Å². The van der Waals surface area contributed by atoms with Crippen LogP contribution < -0.4 is 9.80 Å². The van der Waals surface area contributed by atoms with Gasteiger partial charge in [0.2, 0.25) is 0 Å². The first kappa shape index (κ1) is 16.7.